The molecule has 3 rings (SSSR count). The van der Waals surface area contributed by atoms with Crippen LogP contribution in [0.15, 0.2) is 42.6 Å². The first-order chi connectivity index (χ1) is 12.2. The van der Waals surface area contributed by atoms with Crippen molar-refractivity contribution in [3.8, 4) is 5.75 Å². The van der Waals surface area contributed by atoms with Crippen LogP contribution >= 0.6 is 11.6 Å². The maximum absolute atomic E-state index is 12.5. The minimum Gasteiger partial charge on any atom is -0.495 e. The summed E-state index contributed by atoms with van der Waals surface area (Å²) in [6.45, 7) is 2.63. The summed E-state index contributed by atoms with van der Waals surface area (Å²) in [5, 5.41) is 3.50. The number of piperidine rings is 1. The van der Waals surface area contributed by atoms with Crippen molar-refractivity contribution in [1.29, 1.82) is 0 Å². The number of hydrogen-bond acceptors (Lipinski definition) is 4. The molecule has 0 aliphatic carbocycles. The quantitative estimate of drug-likeness (QED) is 0.829. The van der Waals surface area contributed by atoms with E-state index in [9.17, 15) is 4.79 Å². The maximum atomic E-state index is 12.5. The molecule has 132 valence electrons. The lowest BCUT2D eigenvalue weighted by molar-refractivity contribution is -0.121. The summed E-state index contributed by atoms with van der Waals surface area (Å²) in [4.78, 5) is 19.0. The zero-order valence-corrected chi connectivity index (χ0v) is 15.0. The molecule has 1 amide bonds. The van der Waals surface area contributed by atoms with Crippen molar-refractivity contribution in [2.45, 2.75) is 19.4 Å². The van der Waals surface area contributed by atoms with Crippen LogP contribution in [0.1, 0.15) is 18.4 Å². The number of carbonyl (C=O) groups excluding carboxylic acids is 1. The molecule has 6 heteroatoms. The number of benzene rings is 1. The molecule has 1 N–H and O–H groups in total. The fraction of sp³-hybridized carbons (Fsp3) is 0.368. The van der Waals surface area contributed by atoms with E-state index in [2.05, 4.69) is 15.2 Å². The van der Waals surface area contributed by atoms with Crippen molar-refractivity contribution >= 4 is 23.2 Å². The van der Waals surface area contributed by atoms with Gasteiger partial charge in [0.05, 0.1) is 12.8 Å². The van der Waals surface area contributed by atoms with Crippen LogP contribution in [0.25, 0.3) is 0 Å². The number of hydrogen-bond donors (Lipinski definition) is 1. The van der Waals surface area contributed by atoms with Crippen molar-refractivity contribution in [1.82, 2.24) is 9.88 Å². The monoisotopic (exact) mass is 359 g/mol. The van der Waals surface area contributed by atoms with Crippen molar-refractivity contribution in [3.63, 3.8) is 0 Å². The number of nitrogens with one attached hydrogen (secondary N) is 1. The molecule has 0 bridgehead atoms. The zero-order chi connectivity index (χ0) is 17.6. The molecule has 0 spiro atoms. The van der Waals surface area contributed by atoms with Gasteiger partial charge < -0.3 is 10.1 Å². The number of carbonyl (C=O) groups is 1. The van der Waals surface area contributed by atoms with Crippen molar-refractivity contribution in [3.05, 3.63) is 53.3 Å². The number of halogens is 1. The third-order valence-electron chi connectivity index (χ3n) is 4.52. The number of nitrogens with zero attached hydrogens (tertiary/aromatic N) is 2. The van der Waals surface area contributed by atoms with Gasteiger partial charge in [-0.1, -0.05) is 29.8 Å². The fourth-order valence-electron chi connectivity index (χ4n) is 3.09. The molecule has 25 heavy (non-hydrogen) atoms. The Balaban J connectivity index is 1.51. The lowest BCUT2D eigenvalue weighted by Crippen LogP contribution is -2.37. The van der Waals surface area contributed by atoms with E-state index in [-0.39, 0.29) is 11.8 Å². The molecule has 1 fully saturated rings. The number of amides is 1. The summed E-state index contributed by atoms with van der Waals surface area (Å²) in [5.41, 5.74) is 1.87. The van der Waals surface area contributed by atoms with Gasteiger partial charge in [-0.3, -0.25) is 9.69 Å². The highest BCUT2D eigenvalue weighted by Crippen LogP contribution is 2.26. The molecule has 0 atom stereocenters. The van der Waals surface area contributed by atoms with Gasteiger partial charge in [-0.25, -0.2) is 4.98 Å². The summed E-state index contributed by atoms with van der Waals surface area (Å²) in [6.07, 6.45) is 3.51. The molecule has 0 radical (unpaired) electrons. The van der Waals surface area contributed by atoms with Crippen LogP contribution < -0.4 is 10.1 Å². The Morgan fingerprint density at radius 1 is 1.28 bits per heavy atom. The van der Waals surface area contributed by atoms with E-state index >= 15 is 0 Å². The standard InChI is InChI=1S/C19H22ClN3O2/c1-25-17-5-3-2-4-16(17)22-19(24)15-8-10-23(11-9-15)13-14-6-7-18(20)21-12-14/h2-7,12,15H,8-11,13H2,1H3,(H,22,24). The van der Waals surface area contributed by atoms with Gasteiger partial charge >= 0.3 is 0 Å². The van der Waals surface area contributed by atoms with Crippen LogP contribution in [0, 0.1) is 5.92 Å². The van der Waals surface area contributed by atoms with Gasteiger partial charge in [-0.05, 0) is 49.7 Å². The van der Waals surface area contributed by atoms with Crippen molar-refractivity contribution in [2.24, 2.45) is 5.92 Å². The molecular weight excluding hydrogens is 338 g/mol. The Labute approximate surface area is 153 Å². The molecule has 2 heterocycles. The summed E-state index contributed by atoms with van der Waals surface area (Å²) in [6, 6.07) is 11.3. The lowest BCUT2D eigenvalue weighted by atomic mass is 9.95. The van der Waals surface area contributed by atoms with Crippen LogP contribution in [0.5, 0.6) is 5.75 Å². The molecule has 1 aromatic heterocycles. The Morgan fingerprint density at radius 3 is 2.72 bits per heavy atom. The minimum absolute atomic E-state index is 0.0319. The van der Waals surface area contributed by atoms with Crippen LogP contribution in [-0.2, 0) is 11.3 Å². The highest BCUT2D eigenvalue weighted by molar-refractivity contribution is 6.29. The Kier molecular flexibility index (Phi) is 5.89. The van der Waals surface area contributed by atoms with Crippen LogP contribution in [0.2, 0.25) is 5.15 Å². The first-order valence-corrected chi connectivity index (χ1v) is 8.80. The molecule has 1 aliphatic rings. The van der Waals surface area contributed by atoms with E-state index in [4.69, 9.17) is 16.3 Å². The van der Waals surface area contributed by atoms with E-state index in [0.717, 1.165) is 43.7 Å². The van der Waals surface area contributed by atoms with Gasteiger partial charge in [0.2, 0.25) is 5.91 Å². The summed E-state index contributed by atoms with van der Waals surface area (Å²) in [7, 11) is 1.61. The van der Waals surface area contributed by atoms with Gasteiger partial charge in [0.1, 0.15) is 10.9 Å². The van der Waals surface area contributed by atoms with E-state index in [1.807, 2.05) is 42.6 Å². The second-order valence-corrected chi connectivity index (χ2v) is 6.62. The van der Waals surface area contributed by atoms with Gasteiger partial charge in [-0.15, -0.1) is 0 Å². The molecule has 0 unspecified atom stereocenters. The average molecular weight is 360 g/mol. The number of methoxy groups -OCH3 is 1. The molecule has 1 aliphatic heterocycles. The van der Waals surface area contributed by atoms with Crippen LogP contribution in [-0.4, -0.2) is 36.0 Å². The number of aromatic nitrogens is 1. The predicted molar refractivity (Wildman–Crippen MR) is 98.9 cm³/mol. The Bertz CT molecular complexity index is 713. The third-order valence-corrected chi connectivity index (χ3v) is 4.74. The first-order valence-electron chi connectivity index (χ1n) is 8.42. The highest BCUT2D eigenvalue weighted by Gasteiger charge is 2.25. The Hall–Kier alpha value is -2.11. The number of likely N-dealkylation sites (tertiary alicyclic amines) is 1. The predicted octanol–water partition coefficient (Wildman–Crippen LogP) is 3.59. The van der Waals surface area contributed by atoms with E-state index in [0.29, 0.717) is 10.9 Å². The molecule has 1 saturated heterocycles. The summed E-state index contributed by atoms with van der Waals surface area (Å²) >= 11 is 5.82. The molecule has 2 aromatic rings. The van der Waals surface area contributed by atoms with E-state index in [1.165, 1.54) is 0 Å². The smallest absolute Gasteiger partial charge is 0.227 e. The third kappa shape index (κ3) is 4.71. The number of anilines is 1. The number of ether oxygens (including phenoxy) is 1. The second-order valence-electron chi connectivity index (χ2n) is 6.23. The number of rotatable bonds is 5. The fourth-order valence-corrected chi connectivity index (χ4v) is 3.21. The van der Waals surface area contributed by atoms with Crippen molar-refractivity contribution in [2.75, 3.05) is 25.5 Å². The molecule has 0 saturated carbocycles. The van der Waals surface area contributed by atoms with Gasteiger partial charge in [0.15, 0.2) is 0 Å². The zero-order valence-electron chi connectivity index (χ0n) is 14.2. The van der Waals surface area contributed by atoms with Gasteiger partial charge in [0, 0.05) is 18.7 Å². The Morgan fingerprint density at radius 2 is 2.04 bits per heavy atom. The summed E-state index contributed by atoms with van der Waals surface area (Å²) < 4.78 is 5.29. The van der Waals surface area contributed by atoms with Crippen molar-refractivity contribution < 1.29 is 9.53 Å². The van der Waals surface area contributed by atoms with Crippen LogP contribution in [0.3, 0.4) is 0 Å². The highest BCUT2D eigenvalue weighted by atomic mass is 35.5. The normalized spacial score (nSPS) is 15.8. The molecular formula is C19H22ClN3O2. The second kappa shape index (κ2) is 8.32. The van der Waals surface area contributed by atoms with E-state index < -0.39 is 0 Å². The number of pyridine rings is 1. The SMILES string of the molecule is COc1ccccc1NC(=O)C1CCN(Cc2ccc(Cl)nc2)CC1. The topological polar surface area (TPSA) is 54.5 Å². The molecule has 5 nitrogen and oxygen atoms in total. The maximum Gasteiger partial charge on any atom is 0.227 e. The summed E-state index contributed by atoms with van der Waals surface area (Å²) in [5.74, 6) is 0.783. The van der Waals surface area contributed by atoms with Gasteiger partial charge in [-0.2, -0.15) is 0 Å². The average Bonchev–Trinajstić information content (AvgIpc) is 2.64. The lowest BCUT2D eigenvalue weighted by Gasteiger charge is -2.31. The largest absolute Gasteiger partial charge is 0.495 e. The van der Waals surface area contributed by atoms with Crippen LogP contribution in [0.4, 0.5) is 5.69 Å². The van der Waals surface area contributed by atoms with E-state index in [1.54, 1.807) is 7.11 Å². The first kappa shape index (κ1) is 17.7. The number of para-hydroxylation sites is 2. The minimum atomic E-state index is 0.0319. The van der Waals surface area contributed by atoms with Gasteiger partial charge in [0.25, 0.3) is 0 Å². The molecule has 1 aromatic carbocycles.